The Morgan fingerprint density at radius 2 is 2.04 bits per heavy atom. The van der Waals surface area contributed by atoms with Crippen molar-refractivity contribution in [3.8, 4) is 0 Å². The van der Waals surface area contributed by atoms with E-state index in [-0.39, 0.29) is 11.9 Å². The molecule has 1 aliphatic rings. The summed E-state index contributed by atoms with van der Waals surface area (Å²) >= 11 is 7.70. The maximum Gasteiger partial charge on any atom is 0.237 e. The first kappa shape index (κ1) is 19.5. The highest BCUT2D eigenvalue weighted by molar-refractivity contribution is 7.98. The number of nitrogens with one attached hydrogen (secondary N) is 1. The number of hydrogen-bond acceptors (Lipinski definition) is 5. The van der Waals surface area contributed by atoms with E-state index >= 15 is 0 Å². The van der Waals surface area contributed by atoms with E-state index in [1.54, 1.807) is 11.8 Å². The smallest absolute Gasteiger partial charge is 0.237 e. The molecule has 24 heavy (non-hydrogen) atoms. The number of thioether (sulfide) groups is 1. The Labute approximate surface area is 153 Å². The van der Waals surface area contributed by atoms with Crippen LogP contribution in [0.25, 0.3) is 0 Å². The van der Waals surface area contributed by atoms with Crippen molar-refractivity contribution in [2.24, 2.45) is 5.73 Å². The van der Waals surface area contributed by atoms with Crippen LogP contribution in [0.5, 0.6) is 0 Å². The summed E-state index contributed by atoms with van der Waals surface area (Å²) in [5, 5.41) is 3.72. The van der Waals surface area contributed by atoms with E-state index in [4.69, 9.17) is 22.1 Å². The molecule has 7 heteroatoms. The molecule has 5 nitrogen and oxygen atoms in total. The quantitative estimate of drug-likeness (QED) is 0.730. The maximum absolute atomic E-state index is 12.2. The third kappa shape index (κ3) is 5.93. The van der Waals surface area contributed by atoms with E-state index in [2.05, 4.69) is 10.2 Å². The third-order valence-electron chi connectivity index (χ3n) is 4.18. The molecule has 0 spiro atoms. The molecule has 1 aliphatic heterocycles. The lowest BCUT2D eigenvalue weighted by Crippen LogP contribution is -2.47. The standard InChI is InChI=1S/C17H26ClN3O2S/c1-24-11-6-15(19)17(22)20-12-16(21-7-9-23-10-8-21)13-2-4-14(18)5-3-13/h2-5,15-16H,6-12,19H2,1H3,(H,20,22)/t15-,16?/m0/s1. The van der Waals surface area contributed by atoms with Crippen LogP contribution < -0.4 is 11.1 Å². The number of benzene rings is 1. The lowest BCUT2D eigenvalue weighted by atomic mass is 10.0. The van der Waals surface area contributed by atoms with E-state index in [0.29, 0.717) is 31.2 Å². The molecule has 2 rings (SSSR count). The van der Waals surface area contributed by atoms with Crippen LogP contribution >= 0.6 is 23.4 Å². The van der Waals surface area contributed by atoms with Crippen molar-refractivity contribution in [2.45, 2.75) is 18.5 Å². The van der Waals surface area contributed by atoms with Gasteiger partial charge in [-0.3, -0.25) is 9.69 Å². The van der Waals surface area contributed by atoms with Crippen LogP contribution in [0.3, 0.4) is 0 Å². The van der Waals surface area contributed by atoms with Gasteiger partial charge in [-0.15, -0.1) is 0 Å². The van der Waals surface area contributed by atoms with Crippen LogP contribution in [0, 0.1) is 0 Å². The average molecular weight is 372 g/mol. The Morgan fingerprint density at radius 3 is 2.67 bits per heavy atom. The second-order valence-corrected chi connectivity index (χ2v) is 7.27. The van der Waals surface area contributed by atoms with E-state index in [1.165, 1.54) is 0 Å². The molecule has 0 saturated carbocycles. The largest absolute Gasteiger partial charge is 0.379 e. The highest BCUT2D eigenvalue weighted by Crippen LogP contribution is 2.23. The van der Waals surface area contributed by atoms with Crippen molar-refractivity contribution < 1.29 is 9.53 Å². The van der Waals surface area contributed by atoms with Gasteiger partial charge in [-0.25, -0.2) is 0 Å². The molecule has 0 bridgehead atoms. The minimum absolute atomic E-state index is 0.0868. The average Bonchev–Trinajstić information content (AvgIpc) is 2.62. The van der Waals surface area contributed by atoms with Crippen molar-refractivity contribution >= 4 is 29.3 Å². The van der Waals surface area contributed by atoms with Crippen LogP contribution in [-0.4, -0.2) is 61.7 Å². The van der Waals surface area contributed by atoms with E-state index in [0.717, 1.165) is 24.4 Å². The number of hydrogen-bond donors (Lipinski definition) is 2. The molecule has 1 heterocycles. The van der Waals surface area contributed by atoms with Gasteiger partial charge in [0, 0.05) is 24.7 Å². The molecular formula is C17H26ClN3O2S. The van der Waals surface area contributed by atoms with Crippen LogP contribution in [0.4, 0.5) is 0 Å². The molecule has 1 aromatic carbocycles. The summed E-state index contributed by atoms with van der Waals surface area (Å²) in [6.45, 7) is 3.66. The molecule has 1 aromatic rings. The molecule has 134 valence electrons. The zero-order chi connectivity index (χ0) is 17.4. The van der Waals surface area contributed by atoms with Crippen LogP contribution in [-0.2, 0) is 9.53 Å². The monoisotopic (exact) mass is 371 g/mol. The predicted molar refractivity (Wildman–Crippen MR) is 101 cm³/mol. The molecular weight excluding hydrogens is 346 g/mol. The summed E-state index contributed by atoms with van der Waals surface area (Å²) in [6.07, 6.45) is 2.70. The highest BCUT2D eigenvalue weighted by Gasteiger charge is 2.24. The third-order valence-corrected chi connectivity index (χ3v) is 5.08. The highest BCUT2D eigenvalue weighted by atomic mass is 35.5. The van der Waals surface area contributed by atoms with Crippen LogP contribution in [0.2, 0.25) is 5.02 Å². The number of nitrogens with zero attached hydrogens (tertiary/aromatic N) is 1. The van der Waals surface area contributed by atoms with Crippen molar-refractivity contribution in [2.75, 3.05) is 44.9 Å². The topological polar surface area (TPSA) is 67.6 Å². The summed E-state index contributed by atoms with van der Waals surface area (Å²) < 4.78 is 5.44. The SMILES string of the molecule is CSCC[C@H](N)C(=O)NCC(c1ccc(Cl)cc1)N1CCOCC1. The molecule has 1 amide bonds. The van der Waals surface area contributed by atoms with Gasteiger partial charge >= 0.3 is 0 Å². The van der Waals surface area contributed by atoms with Gasteiger partial charge in [-0.1, -0.05) is 23.7 Å². The van der Waals surface area contributed by atoms with Gasteiger partial charge in [0.05, 0.1) is 25.3 Å². The van der Waals surface area contributed by atoms with Crippen molar-refractivity contribution in [1.82, 2.24) is 10.2 Å². The molecule has 2 atom stereocenters. The second-order valence-electron chi connectivity index (χ2n) is 5.85. The number of carbonyl (C=O) groups is 1. The predicted octanol–water partition coefficient (Wildman–Crippen LogP) is 1.91. The summed E-state index contributed by atoms with van der Waals surface area (Å²) in [4.78, 5) is 14.5. The van der Waals surface area contributed by atoms with Crippen molar-refractivity contribution in [1.29, 1.82) is 0 Å². The first-order valence-corrected chi connectivity index (χ1v) is 9.98. The fourth-order valence-electron chi connectivity index (χ4n) is 2.74. The number of halogens is 1. The Kier molecular flexibility index (Phi) is 8.35. The molecule has 0 aliphatic carbocycles. The van der Waals surface area contributed by atoms with Crippen molar-refractivity contribution in [3.05, 3.63) is 34.9 Å². The zero-order valence-electron chi connectivity index (χ0n) is 14.0. The van der Waals surface area contributed by atoms with Gasteiger partial charge in [-0.05, 0) is 36.1 Å². The number of ether oxygens (including phenoxy) is 1. The lowest BCUT2D eigenvalue weighted by molar-refractivity contribution is -0.122. The lowest BCUT2D eigenvalue weighted by Gasteiger charge is -2.35. The molecule has 1 unspecified atom stereocenters. The molecule has 0 aromatic heterocycles. The Balaban J connectivity index is 2.00. The van der Waals surface area contributed by atoms with E-state index < -0.39 is 6.04 Å². The van der Waals surface area contributed by atoms with E-state index in [1.807, 2.05) is 30.5 Å². The van der Waals surface area contributed by atoms with Crippen LogP contribution in [0.1, 0.15) is 18.0 Å². The number of carbonyl (C=O) groups excluding carboxylic acids is 1. The van der Waals surface area contributed by atoms with Gasteiger partial charge in [0.1, 0.15) is 0 Å². The van der Waals surface area contributed by atoms with Gasteiger partial charge in [0.15, 0.2) is 0 Å². The van der Waals surface area contributed by atoms with Crippen LogP contribution in [0.15, 0.2) is 24.3 Å². The molecule has 3 N–H and O–H groups in total. The fraction of sp³-hybridized carbons (Fsp3) is 0.588. The molecule has 1 fully saturated rings. The molecule has 1 saturated heterocycles. The van der Waals surface area contributed by atoms with Gasteiger partial charge in [0.25, 0.3) is 0 Å². The Hall–Kier alpha value is -0.790. The van der Waals surface area contributed by atoms with Crippen molar-refractivity contribution in [3.63, 3.8) is 0 Å². The summed E-state index contributed by atoms with van der Waals surface area (Å²) in [7, 11) is 0. The van der Waals surface area contributed by atoms with Gasteiger partial charge in [0.2, 0.25) is 5.91 Å². The number of rotatable bonds is 8. The molecule has 0 radical (unpaired) electrons. The van der Waals surface area contributed by atoms with Gasteiger partial charge in [-0.2, -0.15) is 11.8 Å². The fourth-order valence-corrected chi connectivity index (χ4v) is 3.35. The minimum Gasteiger partial charge on any atom is -0.379 e. The summed E-state index contributed by atoms with van der Waals surface area (Å²) in [5.41, 5.74) is 7.09. The van der Waals surface area contributed by atoms with E-state index in [9.17, 15) is 4.79 Å². The van der Waals surface area contributed by atoms with Gasteiger partial charge < -0.3 is 15.8 Å². The normalized spacial score (nSPS) is 18.1. The number of morpholine rings is 1. The summed E-state index contributed by atoms with van der Waals surface area (Å²) in [6, 6.07) is 7.45. The minimum atomic E-state index is -0.451. The first-order chi connectivity index (χ1) is 11.6. The maximum atomic E-state index is 12.2. The second kappa shape index (κ2) is 10.3. The first-order valence-electron chi connectivity index (χ1n) is 8.21. The number of nitrogens with two attached hydrogens (primary N) is 1. The summed E-state index contributed by atoms with van der Waals surface area (Å²) in [5.74, 6) is 0.801. The zero-order valence-corrected chi connectivity index (χ0v) is 15.6. The number of amides is 1. The Morgan fingerprint density at radius 1 is 1.38 bits per heavy atom. The Bertz CT molecular complexity index is 509.